The lowest BCUT2D eigenvalue weighted by atomic mass is 10.1. The van der Waals surface area contributed by atoms with Gasteiger partial charge in [0.15, 0.2) is 17.6 Å². The van der Waals surface area contributed by atoms with Crippen molar-refractivity contribution in [3.63, 3.8) is 0 Å². The van der Waals surface area contributed by atoms with Crippen molar-refractivity contribution in [2.45, 2.75) is 6.10 Å². The van der Waals surface area contributed by atoms with E-state index in [2.05, 4.69) is 0 Å². The molecule has 1 aliphatic heterocycles. The van der Waals surface area contributed by atoms with Gasteiger partial charge in [-0.15, -0.1) is 0 Å². The number of rotatable bonds is 2. The second kappa shape index (κ2) is 3.90. The topological polar surface area (TPSA) is 96.2 Å². The molecule has 2 rings (SSSR count). The van der Waals surface area contributed by atoms with E-state index in [1.165, 1.54) is 12.1 Å². The first-order valence-electron chi connectivity index (χ1n) is 4.63. The third-order valence-electron chi connectivity index (χ3n) is 2.23. The molecule has 0 saturated carbocycles. The molecule has 1 atom stereocenters. The number of aliphatic hydroxyl groups excluding tert-OH is 1. The first-order chi connectivity index (χ1) is 7.61. The van der Waals surface area contributed by atoms with E-state index in [4.69, 9.17) is 14.6 Å². The van der Waals surface area contributed by atoms with E-state index >= 15 is 0 Å². The number of hydrogen-bond donors (Lipinski definition) is 3. The smallest absolute Gasteiger partial charge is 0.337 e. The highest BCUT2D eigenvalue weighted by Gasteiger charge is 2.28. The number of aliphatic carboxylic acids is 1. The van der Waals surface area contributed by atoms with Gasteiger partial charge < -0.3 is 24.8 Å². The average molecular weight is 226 g/mol. The molecule has 6 nitrogen and oxygen atoms in total. The minimum absolute atomic E-state index is 0.0844. The summed E-state index contributed by atoms with van der Waals surface area (Å²) in [6.45, 7) is 0.593. The zero-order chi connectivity index (χ0) is 11.7. The maximum absolute atomic E-state index is 10.7. The fourth-order valence-electron chi connectivity index (χ4n) is 1.51. The number of aliphatic hydroxyl groups is 1. The fraction of sp³-hybridized carbons (Fsp3) is 0.300. The van der Waals surface area contributed by atoms with Crippen molar-refractivity contribution in [3.8, 4) is 17.2 Å². The van der Waals surface area contributed by atoms with Crippen LogP contribution in [0.3, 0.4) is 0 Å². The van der Waals surface area contributed by atoms with E-state index < -0.39 is 12.1 Å². The number of fused-ring (bicyclic) bond motifs is 1. The summed E-state index contributed by atoms with van der Waals surface area (Å²) in [6, 6.07) is 2.72. The van der Waals surface area contributed by atoms with Crippen LogP contribution in [0.5, 0.6) is 17.2 Å². The number of benzene rings is 1. The predicted octanol–water partition coefficient (Wildman–Crippen LogP) is 0.281. The lowest BCUT2D eigenvalue weighted by molar-refractivity contribution is -0.147. The summed E-state index contributed by atoms with van der Waals surface area (Å²) in [5, 5.41) is 27.7. The number of carboxylic acids is 1. The van der Waals surface area contributed by atoms with Crippen LogP contribution in [0.15, 0.2) is 12.1 Å². The summed E-state index contributed by atoms with van der Waals surface area (Å²) in [7, 11) is 0. The predicted molar refractivity (Wildman–Crippen MR) is 51.7 cm³/mol. The van der Waals surface area contributed by atoms with Gasteiger partial charge in [-0.25, -0.2) is 4.79 Å². The van der Waals surface area contributed by atoms with Crippen LogP contribution in [0.2, 0.25) is 0 Å². The van der Waals surface area contributed by atoms with Gasteiger partial charge in [-0.3, -0.25) is 0 Å². The number of carboxylic acid groups (broad SMARTS) is 1. The second-order valence-electron chi connectivity index (χ2n) is 3.26. The van der Waals surface area contributed by atoms with E-state index in [0.29, 0.717) is 12.4 Å². The summed E-state index contributed by atoms with van der Waals surface area (Å²) in [5.41, 5.74) is -0.176. The highest BCUT2D eigenvalue weighted by molar-refractivity contribution is 5.77. The first-order valence-corrected chi connectivity index (χ1v) is 4.63. The van der Waals surface area contributed by atoms with Crippen LogP contribution < -0.4 is 9.47 Å². The van der Waals surface area contributed by atoms with Gasteiger partial charge in [0.25, 0.3) is 0 Å². The molecule has 0 amide bonds. The van der Waals surface area contributed by atoms with Crippen LogP contribution in [-0.2, 0) is 4.79 Å². The highest BCUT2D eigenvalue weighted by atomic mass is 16.6. The van der Waals surface area contributed by atoms with E-state index in [9.17, 15) is 15.0 Å². The van der Waals surface area contributed by atoms with Crippen LogP contribution in [0.25, 0.3) is 0 Å². The number of carbonyl (C=O) groups is 1. The Morgan fingerprint density at radius 1 is 1.31 bits per heavy atom. The quantitative estimate of drug-likeness (QED) is 0.670. The minimum atomic E-state index is -1.84. The molecule has 0 fully saturated rings. The standard InChI is InChI=1S/C10H10O6/c11-5-1-2-6-9(16-4-3-15-6)7(5)8(12)10(13)14/h1-2,8,11-12H,3-4H2,(H,13,14). The van der Waals surface area contributed by atoms with Crippen LogP contribution in [0, 0.1) is 0 Å². The number of phenolic OH excluding ortho intramolecular Hbond substituents is 1. The Balaban J connectivity index is 2.53. The normalized spacial score (nSPS) is 15.6. The average Bonchev–Trinajstić information content (AvgIpc) is 2.28. The van der Waals surface area contributed by atoms with Gasteiger partial charge in [-0.1, -0.05) is 0 Å². The van der Waals surface area contributed by atoms with Crippen molar-refractivity contribution >= 4 is 5.97 Å². The molecule has 1 heterocycles. The Hall–Kier alpha value is -1.95. The van der Waals surface area contributed by atoms with Gasteiger partial charge in [0.05, 0.1) is 5.56 Å². The third kappa shape index (κ3) is 1.63. The molecule has 1 unspecified atom stereocenters. The van der Waals surface area contributed by atoms with Crippen molar-refractivity contribution in [1.29, 1.82) is 0 Å². The molecule has 0 bridgehead atoms. The van der Waals surface area contributed by atoms with E-state index in [0.717, 1.165) is 0 Å². The molecule has 16 heavy (non-hydrogen) atoms. The Morgan fingerprint density at radius 2 is 2.00 bits per heavy atom. The molecule has 0 saturated heterocycles. The molecule has 86 valence electrons. The molecule has 3 N–H and O–H groups in total. The molecule has 0 aliphatic carbocycles. The monoisotopic (exact) mass is 226 g/mol. The van der Waals surface area contributed by atoms with Gasteiger partial charge in [0, 0.05) is 0 Å². The number of aromatic hydroxyl groups is 1. The Bertz CT molecular complexity index is 428. The number of ether oxygens (including phenoxy) is 2. The van der Waals surface area contributed by atoms with Crippen LogP contribution in [0.4, 0.5) is 0 Å². The van der Waals surface area contributed by atoms with E-state index in [-0.39, 0.29) is 23.7 Å². The molecule has 0 spiro atoms. The largest absolute Gasteiger partial charge is 0.507 e. The van der Waals surface area contributed by atoms with Crippen molar-refractivity contribution in [2.24, 2.45) is 0 Å². The van der Waals surface area contributed by atoms with Crippen molar-refractivity contribution in [1.82, 2.24) is 0 Å². The highest BCUT2D eigenvalue weighted by Crippen LogP contribution is 2.42. The molecule has 1 aromatic carbocycles. The summed E-state index contributed by atoms with van der Waals surface area (Å²) in [4.78, 5) is 10.7. The maximum atomic E-state index is 10.7. The summed E-state index contributed by atoms with van der Waals surface area (Å²) in [5.74, 6) is -1.39. The van der Waals surface area contributed by atoms with Gasteiger partial charge in [-0.2, -0.15) is 0 Å². The SMILES string of the molecule is O=C(O)C(O)c1c(O)ccc2c1OCCO2. The molecule has 6 heteroatoms. The van der Waals surface area contributed by atoms with Gasteiger partial charge in [0.1, 0.15) is 19.0 Å². The summed E-state index contributed by atoms with van der Waals surface area (Å²) in [6.07, 6.45) is -1.84. The molecule has 1 aromatic rings. The van der Waals surface area contributed by atoms with Gasteiger partial charge in [-0.05, 0) is 12.1 Å². The van der Waals surface area contributed by atoms with Crippen LogP contribution in [-0.4, -0.2) is 34.5 Å². The molecular formula is C10H10O6. The number of phenols is 1. The van der Waals surface area contributed by atoms with Gasteiger partial charge >= 0.3 is 5.97 Å². The first kappa shape index (κ1) is 10.6. The zero-order valence-electron chi connectivity index (χ0n) is 8.21. The van der Waals surface area contributed by atoms with E-state index in [1.807, 2.05) is 0 Å². The van der Waals surface area contributed by atoms with Gasteiger partial charge in [0.2, 0.25) is 0 Å². The lowest BCUT2D eigenvalue weighted by Gasteiger charge is -2.22. The Kier molecular flexibility index (Phi) is 2.57. The Labute approximate surface area is 90.7 Å². The van der Waals surface area contributed by atoms with Crippen molar-refractivity contribution < 1.29 is 29.6 Å². The molecule has 0 aromatic heterocycles. The number of hydrogen-bond acceptors (Lipinski definition) is 5. The second-order valence-corrected chi connectivity index (χ2v) is 3.26. The summed E-state index contributed by atoms with van der Waals surface area (Å²) >= 11 is 0. The lowest BCUT2D eigenvalue weighted by Crippen LogP contribution is -2.19. The molecule has 0 radical (unpaired) electrons. The molecular weight excluding hydrogens is 216 g/mol. The van der Waals surface area contributed by atoms with Crippen LogP contribution >= 0.6 is 0 Å². The maximum Gasteiger partial charge on any atom is 0.337 e. The Morgan fingerprint density at radius 3 is 2.69 bits per heavy atom. The zero-order valence-corrected chi connectivity index (χ0v) is 8.21. The fourth-order valence-corrected chi connectivity index (χ4v) is 1.51. The van der Waals surface area contributed by atoms with Crippen molar-refractivity contribution in [3.05, 3.63) is 17.7 Å². The third-order valence-corrected chi connectivity index (χ3v) is 2.23. The minimum Gasteiger partial charge on any atom is -0.507 e. The van der Waals surface area contributed by atoms with Crippen molar-refractivity contribution in [2.75, 3.05) is 13.2 Å². The van der Waals surface area contributed by atoms with Crippen LogP contribution in [0.1, 0.15) is 11.7 Å². The molecule has 1 aliphatic rings. The van der Waals surface area contributed by atoms with E-state index in [1.54, 1.807) is 0 Å². The summed E-state index contributed by atoms with van der Waals surface area (Å²) < 4.78 is 10.4.